The van der Waals surface area contributed by atoms with E-state index in [1.54, 1.807) is 0 Å². The monoisotopic (exact) mass is 397 g/mol. The molecule has 0 bridgehead atoms. The highest BCUT2D eigenvalue weighted by molar-refractivity contribution is 8.26. The zero-order valence-corrected chi connectivity index (χ0v) is 17.7. The van der Waals surface area contributed by atoms with Crippen LogP contribution in [0.4, 0.5) is 0 Å². The molecule has 0 amide bonds. The van der Waals surface area contributed by atoms with Gasteiger partial charge in [-0.25, -0.2) is 0 Å². The van der Waals surface area contributed by atoms with Crippen LogP contribution in [0.1, 0.15) is 65.3 Å². The fraction of sp³-hybridized carbons (Fsp3) is 0.737. The Kier molecular flexibility index (Phi) is 5.55. The quantitative estimate of drug-likeness (QED) is 0.763. The summed E-state index contributed by atoms with van der Waals surface area (Å²) in [4.78, 5) is 0. The third kappa shape index (κ3) is 4.29. The minimum atomic E-state index is -2.87. The first-order valence-corrected chi connectivity index (χ1v) is 11.2. The lowest BCUT2D eigenvalue weighted by molar-refractivity contribution is 0.0718. The summed E-state index contributed by atoms with van der Waals surface area (Å²) in [5.41, 5.74) is 2.11. The Balaban J connectivity index is 1.69. The molecule has 1 aromatic rings. The Morgan fingerprint density at radius 2 is 1.78 bits per heavy atom. The van der Waals surface area contributed by atoms with Crippen molar-refractivity contribution in [1.29, 1.82) is 0 Å². The first kappa shape index (κ1) is 20.5. The third-order valence-corrected chi connectivity index (χ3v) is 8.32. The minimum Gasteiger partial charge on any atom is -0.381 e. The number of rotatable bonds is 5. The standard InChI is InChI=1S/C19H31N3O4S/c1-18(2,3)16-11-15(26-22-16)14-10-17(21-20-14)19(4,5)27(23,24)12-13-6-8-25-9-7-13/h11,13,23-24H,6-10,12H2,1-5H3. The number of ether oxygens (including phenoxy) is 1. The molecule has 2 aliphatic heterocycles. The number of hydrogen-bond donors (Lipinski definition) is 2. The minimum absolute atomic E-state index is 0.108. The summed E-state index contributed by atoms with van der Waals surface area (Å²) in [7, 11) is -2.87. The van der Waals surface area contributed by atoms with Crippen LogP contribution in [-0.2, 0) is 10.2 Å². The molecule has 8 heteroatoms. The van der Waals surface area contributed by atoms with E-state index in [2.05, 4.69) is 36.1 Å². The molecule has 2 N–H and O–H groups in total. The molecule has 27 heavy (non-hydrogen) atoms. The lowest BCUT2D eigenvalue weighted by Crippen LogP contribution is -2.40. The van der Waals surface area contributed by atoms with E-state index in [9.17, 15) is 9.11 Å². The second kappa shape index (κ2) is 7.31. The number of nitrogens with zero attached hydrogens (tertiary/aromatic N) is 3. The fourth-order valence-corrected chi connectivity index (χ4v) is 5.12. The Hall–Kier alpha value is -1.22. The van der Waals surface area contributed by atoms with Gasteiger partial charge in [-0.1, -0.05) is 25.9 Å². The highest BCUT2D eigenvalue weighted by Crippen LogP contribution is 2.55. The molecule has 2 aliphatic rings. The molecule has 0 radical (unpaired) electrons. The van der Waals surface area contributed by atoms with E-state index in [0.29, 0.717) is 42.6 Å². The first-order valence-electron chi connectivity index (χ1n) is 9.45. The van der Waals surface area contributed by atoms with Gasteiger partial charge in [-0.2, -0.15) is 20.8 Å². The predicted octanol–water partition coefficient (Wildman–Crippen LogP) is 4.48. The molecule has 0 spiro atoms. The molecule has 1 fully saturated rings. The van der Waals surface area contributed by atoms with Gasteiger partial charge in [0.05, 0.1) is 16.2 Å². The van der Waals surface area contributed by atoms with E-state index in [-0.39, 0.29) is 11.3 Å². The highest BCUT2D eigenvalue weighted by atomic mass is 32.3. The Morgan fingerprint density at radius 3 is 2.37 bits per heavy atom. The summed E-state index contributed by atoms with van der Waals surface area (Å²) in [6.45, 7) is 11.3. The van der Waals surface area contributed by atoms with Crippen molar-refractivity contribution in [1.82, 2.24) is 5.16 Å². The summed E-state index contributed by atoms with van der Waals surface area (Å²) in [5.74, 6) is 1.25. The van der Waals surface area contributed by atoms with Crippen LogP contribution < -0.4 is 0 Å². The van der Waals surface area contributed by atoms with Crippen LogP contribution in [0.25, 0.3) is 0 Å². The molecule has 3 heterocycles. The van der Waals surface area contributed by atoms with Crippen molar-refractivity contribution in [2.45, 2.75) is 64.0 Å². The van der Waals surface area contributed by atoms with Crippen molar-refractivity contribution in [2.75, 3.05) is 19.0 Å². The lowest BCUT2D eigenvalue weighted by Gasteiger charge is -2.48. The van der Waals surface area contributed by atoms with Crippen molar-refractivity contribution < 1.29 is 18.4 Å². The summed E-state index contributed by atoms with van der Waals surface area (Å²) < 4.78 is 31.9. The maximum absolute atomic E-state index is 11.0. The first-order chi connectivity index (χ1) is 12.5. The van der Waals surface area contributed by atoms with Gasteiger partial charge < -0.3 is 9.26 Å². The van der Waals surface area contributed by atoms with Gasteiger partial charge in [0.15, 0.2) is 5.76 Å². The van der Waals surface area contributed by atoms with Crippen molar-refractivity contribution in [2.24, 2.45) is 16.1 Å². The molecule has 0 unspecified atom stereocenters. The third-order valence-electron chi connectivity index (χ3n) is 5.51. The molecule has 0 saturated carbocycles. The van der Waals surface area contributed by atoms with E-state index in [0.717, 1.165) is 18.5 Å². The van der Waals surface area contributed by atoms with Gasteiger partial charge in [-0.3, -0.25) is 9.11 Å². The van der Waals surface area contributed by atoms with E-state index in [1.807, 2.05) is 19.9 Å². The van der Waals surface area contributed by atoms with Crippen LogP contribution in [0.15, 0.2) is 20.8 Å². The summed E-state index contributed by atoms with van der Waals surface area (Å²) in [6.07, 6.45) is 2.18. The molecule has 7 nitrogen and oxygen atoms in total. The molecular formula is C19H31N3O4S. The molecule has 0 aliphatic carbocycles. The average Bonchev–Trinajstić information content (AvgIpc) is 3.24. The highest BCUT2D eigenvalue weighted by Gasteiger charge is 2.43. The van der Waals surface area contributed by atoms with E-state index in [1.165, 1.54) is 0 Å². The number of hydrogen-bond acceptors (Lipinski definition) is 7. The predicted molar refractivity (Wildman–Crippen MR) is 109 cm³/mol. The van der Waals surface area contributed by atoms with Gasteiger partial charge in [-0.05, 0) is 32.6 Å². The maximum Gasteiger partial charge on any atom is 0.183 e. The normalized spacial score (nSPS) is 20.6. The molecule has 1 saturated heterocycles. The van der Waals surface area contributed by atoms with Crippen LogP contribution in [0.3, 0.4) is 0 Å². The molecule has 0 aromatic carbocycles. The van der Waals surface area contributed by atoms with E-state index in [4.69, 9.17) is 9.26 Å². The van der Waals surface area contributed by atoms with Crippen LogP contribution >= 0.6 is 10.6 Å². The SMILES string of the molecule is CC(C)(C)c1cc(C2=NN=C(C(C)(C)S(O)(O)CC3CCOCC3)C2)on1. The second-order valence-corrected chi connectivity index (χ2v) is 11.7. The summed E-state index contributed by atoms with van der Waals surface area (Å²) >= 11 is 0. The van der Waals surface area contributed by atoms with Crippen molar-refractivity contribution in [3.8, 4) is 0 Å². The molecule has 0 atom stereocenters. The van der Waals surface area contributed by atoms with Crippen molar-refractivity contribution in [3.05, 3.63) is 17.5 Å². The van der Waals surface area contributed by atoms with Crippen LogP contribution in [0, 0.1) is 5.92 Å². The second-order valence-electron chi connectivity index (χ2n) is 9.00. The van der Waals surface area contributed by atoms with Gasteiger partial charge >= 0.3 is 0 Å². The maximum atomic E-state index is 11.0. The zero-order valence-electron chi connectivity index (χ0n) is 16.9. The molecule has 152 valence electrons. The average molecular weight is 398 g/mol. The van der Waals surface area contributed by atoms with Gasteiger partial charge in [0.2, 0.25) is 0 Å². The fourth-order valence-electron chi connectivity index (χ4n) is 3.22. The van der Waals surface area contributed by atoms with Gasteiger partial charge in [0, 0.05) is 36.9 Å². The largest absolute Gasteiger partial charge is 0.381 e. The molecule has 3 rings (SSSR count). The van der Waals surface area contributed by atoms with E-state index < -0.39 is 15.3 Å². The van der Waals surface area contributed by atoms with Crippen LogP contribution in [0.2, 0.25) is 0 Å². The number of aromatic nitrogens is 1. The Labute approximate surface area is 162 Å². The van der Waals surface area contributed by atoms with Gasteiger partial charge in [0.25, 0.3) is 0 Å². The topological polar surface area (TPSA) is 100 Å². The van der Waals surface area contributed by atoms with Crippen molar-refractivity contribution >= 4 is 22.0 Å². The summed E-state index contributed by atoms with van der Waals surface area (Å²) in [5, 5.41) is 12.7. The Morgan fingerprint density at radius 1 is 1.11 bits per heavy atom. The smallest absolute Gasteiger partial charge is 0.183 e. The molecule has 1 aromatic heterocycles. The van der Waals surface area contributed by atoms with E-state index >= 15 is 0 Å². The Bertz CT molecular complexity index is 740. The van der Waals surface area contributed by atoms with Crippen LogP contribution in [-0.4, -0.2) is 49.4 Å². The molecular weight excluding hydrogens is 366 g/mol. The van der Waals surface area contributed by atoms with Crippen LogP contribution in [0.5, 0.6) is 0 Å². The van der Waals surface area contributed by atoms with Gasteiger partial charge in [0.1, 0.15) is 5.71 Å². The van der Waals surface area contributed by atoms with Crippen molar-refractivity contribution in [3.63, 3.8) is 0 Å². The summed E-state index contributed by atoms with van der Waals surface area (Å²) in [6, 6.07) is 1.89. The lowest BCUT2D eigenvalue weighted by atomic mass is 9.92. The zero-order chi connectivity index (χ0) is 19.9. The van der Waals surface area contributed by atoms with Gasteiger partial charge in [-0.15, -0.1) is 0 Å².